The Morgan fingerprint density at radius 3 is 2.48 bits per heavy atom. The molecular weight excluding hydrogens is 397 g/mol. The molecule has 0 saturated carbocycles. The largest absolute Gasteiger partial charge is 0.349 e. The van der Waals surface area contributed by atoms with E-state index in [2.05, 4.69) is 17.2 Å². The third-order valence-corrected chi connectivity index (χ3v) is 5.62. The standard InChI is InChI=1S/C24H30FN3O3/c1-7-9-17(8-2)13-26-24(31)22(29)21-15(4)20(16(5)28(21)6)23(30)27-18-10-11-19(25)14(3)12-18/h7,10-12,17H,1,8-9,13H2,2-6H3,(H,26,31)(H,27,30). The molecule has 31 heavy (non-hydrogen) atoms. The van der Waals surface area contributed by atoms with Crippen LogP contribution in [0.3, 0.4) is 0 Å². The van der Waals surface area contributed by atoms with E-state index in [0.717, 1.165) is 12.8 Å². The minimum atomic E-state index is -0.702. The van der Waals surface area contributed by atoms with Crippen molar-refractivity contribution in [3.8, 4) is 0 Å². The quantitative estimate of drug-likeness (QED) is 0.357. The summed E-state index contributed by atoms with van der Waals surface area (Å²) in [7, 11) is 1.65. The first-order valence-electron chi connectivity index (χ1n) is 10.3. The Morgan fingerprint density at radius 2 is 1.90 bits per heavy atom. The number of nitrogens with zero attached hydrogens (tertiary/aromatic N) is 1. The number of benzene rings is 1. The second kappa shape index (κ2) is 10.2. The zero-order chi connectivity index (χ0) is 23.3. The summed E-state index contributed by atoms with van der Waals surface area (Å²) in [6.07, 6.45) is 3.40. The lowest BCUT2D eigenvalue weighted by Gasteiger charge is -2.13. The molecule has 166 valence electrons. The zero-order valence-electron chi connectivity index (χ0n) is 18.8. The minimum absolute atomic E-state index is 0.173. The van der Waals surface area contributed by atoms with Crippen molar-refractivity contribution in [3.05, 3.63) is 64.7 Å². The van der Waals surface area contributed by atoms with Gasteiger partial charge in [-0.15, -0.1) is 6.58 Å². The van der Waals surface area contributed by atoms with Gasteiger partial charge in [0.2, 0.25) is 0 Å². The van der Waals surface area contributed by atoms with Gasteiger partial charge in [0.15, 0.2) is 0 Å². The van der Waals surface area contributed by atoms with Gasteiger partial charge in [-0.1, -0.05) is 19.4 Å². The van der Waals surface area contributed by atoms with Gasteiger partial charge in [0.1, 0.15) is 5.82 Å². The molecule has 0 bridgehead atoms. The van der Waals surface area contributed by atoms with Gasteiger partial charge < -0.3 is 15.2 Å². The van der Waals surface area contributed by atoms with Crippen molar-refractivity contribution >= 4 is 23.3 Å². The Bertz CT molecular complexity index is 1020. The molecule has 2 aromatic rings. The van der Waals surface area contributed by atoms with Crippen molar-refractivity contribution < 1.29 is 18.8 Å². The van der Waals surface area contributed by atoms with E-state index in [0.29, 0.717) is 34.6 Å². The molecule has 7 heteroatoms. The summed E-state index contributed by atoms with van der Waals surface area (Å²) in [5.41, 5.74) is 2.34. The van der Waals surface area contributed by atoms with E-state index in [1.165, 1.54) is 18.2 Å². The first kappa shape index (κ1) is 24.1. The lowest BCUT2D eigenvalue weighted by molar-refractivity contribution is -0.117. The van der Waals surface area contributed by atoms with Crippen LogP contribution < -0.4 is 10.6 Å². The third kappa shape index (κ3) is 5.29. The number of hydrogen-bond acceptors (Lipinski definition) is 3. The number of rotatable bonds is 9. The van der Waals surface area contributed by atoms with Crippen molar-refractivity contribution in [1.29, 1.82) is 0 Å². The molecule has 2 N–H and O–H groups in total. The monoisotopic (exact) mass is 427 g/mol. The molecule has 1 atom stereocenters. The molecule has 2 rings (SSSR count). The number of anilines is 1. The van der Waals surface area contributed by atoms with Crippen LogP contribution in [0.15, 0.2) is 30.9 Å². The molecule has 2 amide bonds. The molecule has 1 aromatic carbocycles. The number of carbonyl (C=O) groups excluding carboxylic acids is 3. The predicted molar refractivity (Wildman–Crippen MR) is 120 cm³/mol. The lowest BCUT2D eigenvalue weighted by atomic mass is 10.0. The van der Waals surface area contributed by atoms with Crippen LogP contribution in [0.1, 0.15) is 57.4 Å². The maximum Gasteiger partial charge on any atom is 0.294 e. The number of nitrogens with one attached hydrogen (secondary N) is 2. The molecule has 0 spiro atoms. The Hall–Kier alpha value is -3.22. The Labute approximate surface area is 182 Å². The maximum absolute atomic E-state index is 13.5. The molecule has 0 aliphatic heterocycles. The molecule has 0 aliphatic carbocycles. The molecular formula is C24H30FN3O3. The summed E-state index contributed by atoms with van der Waals surface area (Å²) in [4.78, 5) is 38.2. The highest BCUT2D eigenvalue weighted by atomic mass is 19.1. The Balaban J connectivity index is 2.25. The Morgan fingerprint density at radius 1 is 1.23 bits per heavy atom. The number of aryl methyl sites for hydroxylation is 1. The van der Waals surface area contributed by atoms with Gasteiger partial charge in [-0.2, -0.15) is 0 Å². The van der Waals surface area contributed by atoms with Gasteiger partial charge in [0.05, 0.1) is 11.3 Å². The van der Waals surface area contributed by atoms with Crippen LogP contribution in [0.25, 0.3) is 0 Å². The number of ketones is 1. The van der Waals surface area contributed by atoms with E-state index in [9.17, 15) is 18.8 Å². The van der Waals surface area contributed by atoms with Gasteiger partial charge in [0.25, 0.3) is 17.6 Å². The number of hydrogen-bond donors (Lipinski definition) is 2. The van der Waals surface area contributed by atoms with Crippen molar-refractivity contribution in [3.63, 3.8) is 0 Å². The van der Waals surface area contributed by atoms with Crippen LogP contribution in [0, 0.1) is 32.5 Å². The van der Waals surface area contributed by atoms with Crippen molar-refractivity contribution in [2.45, 2.75) is 40.5 Å². The molecule has 0 aliphatic rings. The van der Waals surface area contributed by atoms with E-state index in [1.807, 2.05) is 6.92 Å². The first-order chi connectivity index (χ1) is 14.6. The summed E-state index contributed by atoms with van der Waals surface area (Å²) in [6.45, 7) is 11.1. The summed E-state index contributed by atoms with van der Waals surface area (Å²) in [6, 6.07) is 4.29. The fourth-order valence-electron chi connectivity index (χ4n) is 3.60. The second-order valence-corrected chi connectivity index (χ2v) is 7.75. The summed E-state index contributed by atoms with van der Waals surface area (Å²) >= 11 is 0. The molecule has 1 aromatic heterocycles. The fraction of sp³-hybridized carbons (Fsp3) is 0.375. The van der Waals surface area contributed by atoms with E-state index in [-0.39, 0.29) is 17.4 Å². The van der Waals surface area contributed by atoms with Gasteiger partial charge in [-0.05, 0) is 62.4 Å². The van der Waals surface area contributed by atoms with Crippen molar-refractivity contribution in [2.24, 2.45) is 13.0 Å². The average molecular weight is 428 g/mol. The van der Waals surface area contributed by atoms with Crippen LogP contribution in [0.4, 0.5) is 10.1 Å². The molecule has 1 unspecified atom stereocenters. The number of Topliss-reactive ketones (excluding diaryl/α,β-unsaturated/α-hetero) is 1. The first-order valence-corrected chi connectivity index (χ1v) is 10.3. The molecule has 0 saturated heterocycles. The predicted octanol–water partition coefficient (Wildman–Crippen LogP) is 4.24. The van der Waals surface area contributed by atoms with Crippen LogP contribution >= 0.6 is 0 Å². The van der Waals surface area contributed by atoms with E-state index in [4.69, 9.17) is 0 Å². The zero-order valence-corrected chi connectivity index (χ0v) is 18.8. The van der Waals surface area contributed by atoms with E-state index < -0.39 is 17.6 Å². The summed E-state index contributed by atoms with van der Waals surface area (Å²) in [5.74, 6) is -1.96. The molecule has 0 fully saturated rings. The number of aromatic nitrogens is 1. The highest BCUT2D eigenvalue weighted by molar-refractivity contribution is 6.43. The highest BCUT2D eigenvalue weighted by Gasteiger charge is 2.28. The second-order valence-electron chi connectivity index (χ2n) is 7.75. The van der Waals surface area contributed by atoms with Crippen molar-refractivity contribution in [2.75, 3.05) is 11.9 Å². The lowest BCUT2D eigenvalue weighted by Crippen LogP contribution is -2.35. The highest BCUT2D eigenvalue weighted by Crippen LogP contribution is 2.24. The van der Waals surface area contributed by atoms with Gasteiger partial charge in [0, 0.05) is 25.0 Å². The van der Waals surface area contributed by atoms with Gasteiger partial charge >= 0.3 is 0 Å². The number of allylic oxidation sites excluding steroid dienone is 1. The smallest absolute Gasteiger partial charge is 0.294 e. The summed E-state index contributed by atoms with van der Waals surface area (Å²) in [5, 5.41) is 5.43. The van der Waals surface area contributed by atoms with Crippen LogP contribution in [-0.4, -0.2) is 28.7 Å². The molecule has 0 radical (unpaired) electrons. The normalized spacial score (nSPS) is 11.7. The van der Waals surface area contributed by atoms with E-state index >= 15 is 0 Å². The molecule has 6 nitrogen and oxygen atoms in total. The maximum atomic E-state index is 13.5. The van der Waals surface area contributed by atoms with Crippen LogP contribution in [-0.2, 0) is 11.8 Å². The third-order valence-electron chi connectivity index (χ3n) is 5.62. The van der Waals surface area contributed by atoms with Crippen molar-refractivity contribution in [1.82, 2.24) is 9.88 Å². The minimum Gasteiger partial charge on any atom is -0.349 e. The number of amides is 2. The topological polar surface area (TPSA) is 80.2 Å². The Kier molecular flexibility index (Phi) is 7.91. The average Bonchev–Trinajstić information content (AvgIpc) is 2.95. The number of halogens is 1. The summed E-state index contributed by atoms with van der Waals surface area (Å²) < 4.78 is 15.0. The van der Waals surface area contributed by atoms with Crippen LogP contribution in [0.5, 0.6) is 0 Å². The van der Waals surface area contributed by atoms with E-state index in [1.54, 1.807) is 38.5 Å². The van der Waals surface area contributed by atoms with Gasteiger partial charge in [-0.3, -0.25) is 14.4 Å². The fourth-order valence-corrected chi connectivity index (χ4v) is 3.60. The van der Waals surface area contributed by atoms with Gasteiger partial charge in [-0.25, -0.2) is 4.39 Å². The SMILES string of the molecule is C=CCC(CC)CNC(=O)C(=O)c1c(C)c(C(=O)Nc2ccc(F)c(C)c2)c(C)n1C. The number of carbonyl (C=O) groups is 3. The molecule has 1 heterocycles. The van der Waals surface area contributed by atoms with Crippen LogP contribution in [0.2, 0.25) is 0 Å².